The average molecular weight is 477 g/mol. The maximum atomic E-state index is 13.2. The van der Waals surface area contributed by atoms with Gasteiger partial charge >= 0.3 is 5.97 Å². The molecular weight excluding hydrogens is 448 g/mol. The number of Topliss-reactive ketones (excluding diaryl/α,β-unsaturated/α-hetero) is 1. The third-order valence-electron chi connectivity index (χ3n) is 6.15. The van der Waals surface area contributed by atoms with Crippen molar-refractivity contribution in [2.75, 3.05) is 48.9 Å². The number of hydrogen-bond donors (Lipinski definition) is 2. The first-order valence-electron chi connectivity index (χ1n) is 11.3. The number of pyridine rings is 1. The van der Waals surface area contributed by atoms with E-state index in [1.807, 2.05) is 18.2 Å². The molecule has 4 rings (SSSR count). The minimum Gasteiger partial charge on any atom is -0.480 e. The van der Waals surface area contributed by atoms with Gasteiger partial charge in [-0.2, -0.15) is 0 Å². The summed E-state index contributed by atoms with van der Waals surface area (Å²) in [5.41, 5.74) is 9.88. The fourth-order valence-electron chi connectivity index (χ4n) is 3.92. The summed E-state index contributed by atoms with van der Waals surface area (Å²) in [5, 5.41) is 9.24. The fourth-order valence-corrected chi connectivity index (χ4v) is 3.92. The molecule has 1 aliphatic rings. The summed E-state index contributed by atoms with van der Waals surface area (Å²) in [6.07, 6.45) is 5.03. The lowest BCUT2D eigenvalue weighted by molar-refractivity contribution is -0.138. The third kappa shape index (κ3) is 5.38. The summed E-state index contributed by atoms with van der Waals surface area (Å²) in [7, 11) is 1.72. The van der Waals surface area contributed by atoms with Crippen molar-refractivity contribution in [2.45, 2.75) is 19.4 Å². The van der Waals surface area contributed by atoms with E-state index in [0.717, 1.165) is 35.6 Å². The number of carboxylic acids is 1. The number of benzene rings is 1. The molecule has 10 heteroatoms. The van der Waals surface area contributed by atoms with Gasteiger partial charge < -0.3 is 25.4 Å². The summed E-state index contributed by atoms with van der Waals surface area (Å²) in [6, 6.07) is 8.47. The van der Waals surface area contributed by atoms with Gasteiger partial charge in [-0.05, 0) is 25.1 Å². The molecule has 2 aromatic heterocycles. The second-order valence-corrected chi connectivity index (χ2v) is 8.36. The highest BCUT2D eigenvalue weighted by molar-refractivity contribution is 6.00. The van der Waals surface area contributed by atoms with E-state index in [2.05, 4.69) is 19.9 Å². The number of carbonyl (C=O) groups is 2. The number of ketones is 1. The molecule has 0 amide bonds. The monoisotopic (exact) mass is 476 g/mol. The van der Waals surface area contributed by atoms with E-state index in [1.54, 1.807) is 43.4 Å². The fraction of sp³-hybridized carbons (Fsp3) is 0.320. The summed E-state index contributed by atoms with van der Waals surface area (Å²) in [5.74, 6) is -1.08. The zero-order valence-corrected chi connectivity index (χ0v) is 19.7. The van der Waals surface area contributed by atoms with Crippen molar-refractivity contribution in [1.29, 1.82) is 0 Å². The standard InChI is InChI=1S/C25H28N6O4/c1-16(25(33)34)30(2)19-5-3-17(4-6-19)20-15-28-24(26)23(29-20)22(32)13-18-14-27-8-7-21(18)31-9-11-35-12-10-31/h3-8,14-16H,9-13H2,1-2H3,(H2,26,28)(H,33,34)/t16-/m0/s1. The number of morpholine rings is 1. The Hall–Kier alpha value is -4.05. The molecule has 1 saturated heterocycles. The number of rotatable bonds is 8. The molecule has 0 bridgehead atoms. The van der Waals surface area contributed by atoms with Gasteiger partial charge in [0, 0.05) is 61.5 Å². The van der Waals surface area contributed by atoms with Crippen molar-refractivity contribution in [2.24, 2.45) is 0 Å². The Morgan fingerprint density at radius 1 is 1.17 bits per heavy atom. The van der Waals surface area contributed by atoms with Gasteiger partial charge in [-0.1, -0.05) is 12.1 Å². The maximum absolute atomic E-state index is 13.2. The molecule has 1 aromatic carbocycles. The Labute approximate surface area is 203 Å². The first-order valence-corrected chi connectivity index (χ1v) is 11.3. The van der Waals surface area contributed by atoms with Crippen LogP contribution in [0.3, 0.4) is 0 Å². The SMILES string of the molecule is C[C@@H](C(=O)O)N(C)c1ccc(-c2cnc(N)c(C(=O)Cc3cnccc3N3CCOCC3)n2)cc1. The smallest absolute Gasteiger partial charge is 0.326 e. The van der Waals surface area contributed by atoms with Crippen LogP contribution in [0.2, 0.25) is 0 Å². The van der Waals surface area contributed by atoms with E-state index >= 15 is 0 Å². The van der Waals surface area contributed by atoms with Crippen LogP contribution in [-0.2, 0) is 16.0 Å². The number of aliphatic carboxylic acids is 1. The molecule has 1 aliphatic heterocycles. The third-order valence-corrected chi connectivity index (χ3v) is 6.15. The number of carbonyl (C=O) groups excluding carboxylic acids is 1. The van der Waals surface area contributed by atoms with Gasteiger partial charge in [0.05, 0.1) is 25.1 Å². The molecule has 3 N–H and O–H groups in total. The van der Waals surface area contributed by atoms with Crippen LogP contribution in [0.15, 0.2) is 48.9 Å². The van der Waals surface area contributed by atoms with Crippen LogP contribution >= 0.6 is 0 Å². The van der Waals surface area contributed by atoms with Gasteiger partial charge in [0.1, 0.15) is 11.7 Å². The Balaban J connectivity index is 1.55. The highest BCUT2D eigenvalue weighted by Crippen LogP contribution is 2.25. The van der Waals surface area contributed by atoms with Crippen LogP contribution in [0.25, 0.3) is 11.3 Å². The lowest BCUT2D eigenvalue weighted by Crippen LogP contribution is -2.37. The maximum Gasteiger partial charge on any atom is 0.326 e. The molecule has 1 atom stereocenters. The molecule has 0 radical (unpaired) electrons. The van der Waals surface area contributed by atoms with Crippen molar-refractivity contribution in [3.8, 4) is 11.3 Å². The first kappa shape index (κ1) is 24.1. The number of carboxylic acid groups (broad SMARTS) is 1. The van der Waals surface area contributed by atoms with Crippen LogP contribution in [0.1, 0.15) is 23.0 Å². The summed E-state index contributed by atoms with van der Waals surface area (Å²) < 4.78 is 5.44. The number of ether oxygens (including phenoxy) is 1. The second-order valence-electron chi connectivity index (χ2n) is 8.36. The summed E-state index contributed by atoms with van der Waals surface area (Å²) in [4.78, 5) is 41.3. The number of likely N-dealkylation sites (N-methyl/N-ethyl adjacent to an activating group) is 1. The predicted octanol–water partition coefficient (Wildman–Crippen LogP) is 2.29. The molecule has 182 valence electrons. The number of nitrogen functional groups attached to an aromatic ring is 1. The van der Waals surface area contributed by atoms with Crippen molar-refractivity contribution in [3.05, 3.63) is 60.2 Å². The number of aromatic nitrogens is 3. The lowest BCUT2D eigenvalue weighted by Gasteiger charge is -2.30. The number of nitrogens with zero attached hydrogens (tertiary/aromatic N) is 5. The van der Waals surface area contributed by atoms with Crippen LogP contribution in [-0.4, -0.2) is 71.2 Å². The van der Waals surface area contributed by atoms with Crippen molar-refractivity contribution in [1.82, 2.24) is 15.0 Å². The van der Waals surface area contributed by atoms with Gasteiger partial charge in [0.25, 0.3) is 0 Å². The largest absolute Gasteiger partial charge is 0.480 e. The van der Waals surface area contributed by atoms with Crippen LogP contribution in [0, 0.1) is 0 Å². The molecule has 0 aliphatic carbocycles. The Morgan fingerprint density at radius 3 is 2.57 bits per heavy atom. The molecule has 0 unspecified atom stereocenters. The van der Waals surface area contributed by atoms with Gasteiger partial charge in [0.2, 0.25) is 0 Å². The normalized spacial score (nSPS) is 14.4. The molecular formula is C25H28N6O4. The average Bonchev–Trinajstić information content (AvgIpc) is 2.89. The molecule has 3 aromatic rings. The zero-order valence-electron chi connectivity index (χ0n) is 19.7. The zero-order chi connectivity index (χ0) is 24.9. The second kappa shape index (κ2) is 10.5. The topological polar surface area (TPSA) is 135 Å². The number of hydrogen-bond acceptors (Lipinski definition) is 9. The van der Waals surface area contributed by atoms with Crippen molar-refractivity contribution in [3.63, 3.8) is 0 Å². The molecule has 1 fully saturated rings. The minimum absolute atomic E-state index is 0.0715. The molecule has 10 nitrogen and oxygen atoms in total. The Bertz CT molecular complexity index is 1210. The van der Waals surface area contributed by atoms with E-state index in [9.17, 15) is 14.7 Å². The van der Waals surface area contributed by atoms with E-state index in [0.29, 0.717) is 18.9 Å². The Morgan fingerprint density at radius 2 is 1.89 bits per heavy atom. The van der Waals surface area contributed by atoms with Crippen LogP contribution in [0.5, 0.6) is 0 Å². The first-order chi connectivity index (χ1) is 16.8. The van der Waals surface area contributed by atoms with E-state index in [4.69, 9.17) is 10.5 Å². The number of anilines is 3. The predicted molar refractivity (Wildman–Crippen MR) is 133 cm³/mol. The van der Waals surface area contributed by atoms with E-state index in [1.165, 1.54) is 6.20 Å². The van der Waals surface area contributed by atoms with E-state index in [-0.39, 0.29) is 23.7 Å². The molecule has 35 heavy (non-hydrogen) atoms. The molecule has 0 saturated carbocycles. The number of nitrogens with two attached hydrogens (primary N) is 1. The van der Waals surface area contributed by atoms with Gasteiger partial charge in [-0.3, -0.25) is 9.78 Å². The van der Waals surface area contributed by atoms with Crippen molar-refractivity contribution < 1.29 is 19.4 Å². The summed E-state index contributed by atoms with van der Waals surface area (Å²) >= 11 is 0. The Kier molecular flexibility index (Phi) is 7.21. The highest BCUT2D eigenvalue weighted by atomic mass is 16.5. The van der Waals surface area contributed by atoms with Crippen molar-refractivity contribution >= 4 is 28.9 Å². The molecule has 3 heterocycles. The summed E-state index contributed by atoms with van der Waals surface area (Å²) in [6.45, 7) is 4.39. The highest BCUT2D eigenvalue weighted by Gasteiger charge is 2.21. The van der Waals surface area contributed by atoms with Crippen LogP contribution in [0.4, 0.5) is 17.2 Å². The van der Waals surface area contributed by atoms with Gasteiger partial charge in [-0.15, -0.1) is 0 Å². The minimum atomic E-state index is -0.908. The van der Waals surface area contributed by atoms with Gasteiger partial charge in [0.15, 0.2) is 11.6 Å². The van der Waals surface area contributed by atoms with Gasteiger partial charge in [-0.25, -0.2) is 14.8 Å². The lowest BCUT2D eigenvalue weighted by atomic mass is 10.1. The van der Waals surface area contributed by atoms with E-state index < -0.39 is 12.0 Å². The molecule has 0 spiro atoms. The quantitative estimate of drug-likeness (QED) is 0.466. The van der Waals surface area contributed by atoms with Crippen LogP contribution < -0.4 is 15.5 Å².